The second-order valence-corrected chi connectivity index (χ2v) is 6.40. The lowest BCUT2D eigenvalue weighted by Crippen LogP contribution is -2.42. The van der Waals surface area contributed by atoms with Crippen molar-refractivity contribution in [2.45, 2.75) is 4.90 Å². The maximum Gasteiger partial charge on any atom is 0.488 e. The Morgan fingerprint density at radius 3 is 2.42 bits per heavy atom. The smallest absolute Gasteiger partial charge is 0.484 e. The van der Waals surface area contributed by atoms with E-state index >= 15 is 0 Å². The van der Waals surface area contributed by atoms with Crippen LogP contribution < -0.4 is 5.46 Å². The summed E-state index contributed by atoms with van der Waals surface area (Å²) >= 11 is 4.86. The molecular formula is C10H12BNO5S2. The highest BCUT2D eigenvalue weighted by Gasteiger charge is 2.28. The predicted molar refractivity (Wildman–Crippen MR) is 73.6 cm³/mol. The van der Waals surface area contributed by atoms with Gasteiger partial charge in [0, 0.05) is 6.54 Å². The number of hydrogen-bond donors (Lipinski definition) is 2. The van der Waals surface area contributed by atoms with E-state index in [2.05, 4.69) is 0 Å². The van der Waals surface area contributed by atoms with Crippen molar-refractivity contribution in [1.82, 2.24) is 4.31 Å². The van der Waals surface area contributed by atoms with Crippen LogP contribution in [0.25, 0.3) is 0 Å². The van der Waals surface area contributed by atoms with Gasteiger partial charge in [-0.05, 0) is 29.8 Å². The van der Waals surface area contributed by atoms with Gasteiger partial charge in [-0.3, -0.25) is 0 Å². The van der Waals surface area contributed by atoms with E-state index in [-0.39, 0.29) is 35.1 Å². The van der Waals surface area contributed by atoms with Crippen LogP contribution in [0.2, 0.25) is 0 Å². The number of morpholine rings is 1. The van der Waals surface area contributed by atoms with Gasteiger partial charge in [-0.1, -0.05) is 12.1 Å². The van der Waals surface area contributed by atoms with Crippen molar-refractivity contribution in [3.63, 3.8) is 0 Å². The third kappa shape index (κ3) is 3.12. The minimum absolute atomic E-state index is 0.0576. The minimum Gasteiger partial charge on any atom is -0.484 e. The summed E-state index contributed by atoms with van der Waals surface area (Å²) in [6.07, 6.45) is 0. The van der Waals surface area contributed by atoms with E-state index in [0.29, 0.717) is 0 Å². The Bertz CT molecular complexity index is 572. The van der Waals surface area contributed by atoms with E-state index in [4.69, 9.17) is 27.0 Å². The molecule has 0 aromatic heterocycles. The molecule has 102 valence electrons. The SMILES string of the molecule is O=S(=O)(c1ccc(B(O)O)cc1)N1CCOC(=S)C1. The number of rotatable bonds is 3. The quantitative estimate of drug-likeness (QED) is 0.534. The molecule has 1 aliphatic heterocycles. The maximum atomic E-state index is 12.3. The first-order valence-electron chi connectivity index (χ1n) is 5.53. The molecule has 1 saturated heterocycles. The monoisotopic (exact) mass is 301 g/mol. The minimum atomic E-state index is -3.63. The highest BCUT2D eigenvalue weighted by molar-refractivity contribution is 7.89. The first kappa shape index (κ1) is 14.4. The lowest BCUT2D eigenvalue weighted by atomic mass is 9.81. The molecule has 19 heavy (non-hydrogen) atoms. The van der Waals surface area contributed by atoms with Gasteiger partial charge in [0.1, 0.15) is 6.61 Å². The summed E-state index contributed by atoms with van der Waals surface area (Å²) in [6.45, 7) is 0.542. The van der Waals surface area contributed by atoms with Crippen molar-refractivity contribution in [2.24, 2.45) is 0 Å². The standard InChI is InChI=1S/C10H12BNO5S2/c13-11(14)8-1-3-9(4-2-8)19(15,16)12-5-6-17-10(18)7-12/h1-4,13-14H,5-7H2. The lowest BCUT2D eigenvalue weighted by molar-refractivity contribution is 0.229. The molecule has 1 aromatic rings. The van der Waals surface area contributed by atoms with Gasteiger partial charge in [0.25, 0.3) is 0 Å². The summed E-state index contributed by atoms with van der Waals surface area (Å²) < 4.78 is 30.9. The van der Waals surface area contributed by atoms with Crippen LogP contribution in [0.1, 0.15) is 0 Å². The molecule has 2 N–H and O–H groups in total. The third-order valence-electron chi connectivity index (χ3n) is 2.73. The van der Waals surface area contributed by atoms with Crippen molar-refractivity contribution < 1.29 is 23.2 Å². The zero-order valence-electron chi connectivity index (χ0n) is 9.89. The van der Waals surface area contributed by atoms with Gasteiger partial charge in [0.2, 0.25) is 10.0 Å². The molecule has 6 nitrogen and oxygen atoms in total. The number of hydrogen-bond acceptors (Lipinski definition) is 6. The molecule has 1 fully saturated rings. The molecule has 2 rings (SSSR count). The lowest BCUT2D eigenvalue weighted by Gasteiger charge is -2.26. The molecule has 0 bridgehead atoms. The average molecular weight is 301 g/mol. The van der Waals surface area contributed by atoms with E-state index < -0.39 is 17.1 Å². The molecule has 0 spiro atoms. The van der Waals surface area contributed by atoms with Gasteiger partial charge in [-0.2, -0.15) is 4.31 Å². The fraction of sp³-hybridized carbons (Fsp3) is 0.300. The van der Waals surface area contributed by atoms with E-state index in [9.17, 15) is 8.42 Å². The van der Waals surface area contributed by atoms with Crippen molar-refractivity contribution in [2.75, 3.05) is 19.7 Å². The van der Waals surface area contributed by atoms with Crippen LogP contribution in [0.15, 0.2) is 29.2 Å². The molecular weight excluding hydrogens is 289 g/mol. The zero-order valence-corrected chi connectivity index (χ0v) is 11.5. The van der Waals surface area contributed by atoms with Gasteiger partial charge in [0.05, 0.1) is 11.4 Å². The van der Waals surface area contributed by atoms with E-state index in [0.717, 1.165) is 0 Å². The number of benzene rings is 1. The van der Waals surface area contributed by atoms with Crippen LogP contribution in [0.3, 0.4) is 0 Å². The highest BCUT2D eigenvalue weighted by Crippen LogP contribution is 2.16. The average Bonchev–Trinajstić information content (AvgIpc) is 2.39. The Morgan fingerprint density at radius 1 is 1.26 bits per heavy atom. The Balaban J connectivity index is 2.26. The Morgan fingerprint density at radius 2 is 1.89 bits per heavy atom. The second-order valence-electron chi connectivity index (χ2n) is 4.00. The van der Waals surface area contributed by atoms with Gasteiger partial charge in [0.15, 0.2) is 5.05 Å². The highest BCUT2D eigenvalue weighted by atomic mass is 32.2. The van der Waals surface area contributed by atoms with Crippen LogP contribution >= 0.6 is 12.2 Å². The summed E-state index contributed by atoms with van der Waals surface area (Å²) in [6, 6.07) is 5.39. The first-order chi connectivity index (χ1) is 8.91. The van der Waals surface area contributed by atoms with E-state index in [1.165, 1.54) is 28.6 Å². The van der Waals surface area contributed by atoms with Crippen molar-refractivity contribution in [3.8, 4) is 0 Å². The number of nitrogens with zero attached hydrogens (tertiary/aromatic N) is 1. The van der Waals surface area contributed by atoms with Gasteiger partial charge in [-0.15, -0.1) is 0 Å². The summed E-state index contributed by atoms with van der Waals surface area (Å²) in [7, 11) is -5.25. The molecule has 0 atom stereocenters. The summed E-state index contributed by atoms with van der Waals surface area (Å²) in [4.78, 5) is 0.0848. The Labute approximate surface area is 116 Å². The fourth-order valence-corrected chi connectivity index (χ4v) is 3.40. The Hall–Kier alpha value is -0.995. The fourth-order valence-electron chi connectivity index (χ4n) is 1.70. The molecule has 1 aromatic carbocycles. The number of thiocarbonyl (C=S) groups is 1. The first-order valence-corrected chi connectivity index (χ1v) is 7.38. The van der Waals surface area contributed by atoms with E-state index in [1.54, 1.807) is 0 Å². The molecule has 0 amide bonds. The topological polar surface area (TPSA) is 87.1 Å². The molecule has 0 unspecified atom stereocenters. The van der Waals surface area contributed by atoms with Crippen molar-refractivity contribution in [1.29, 1.82) is 0 Å². The van der Waals surface area contributed by atoms with Gasteiger partial charge >= 0.3 is 7.12 Å². The maximum absolute atomic E-state index is 12.3. The van der Waals surface area contributed by atoms with Gasteiger partial charge < -0.3 is 14.8 Å². The van der Waals surface area contributed by atoms with Crippen LogP contribution in [-0.2, 0) is 14.8 Å². The molecule has 0 saturated carbocycles. The number of sulfonamides is 1. The summed E-state index contributed by atoms with van der Waals surface area (Å²) in [5.74, 6) is 0. The molecule has 0 radical (unpaired) electrons. The second kappa shape index (κ2) is 5.55. The van der Waals surface area contributed by atoms with Gasteiger partial charge in [-0.25, -0.2) is 8.42 Å². The van der Waals surface area contributed by atoms with E-state index in [1.807, 2.05) is 0 Å². The zero-order chi connectivity index (χ0) is 14.0. The number of ether oxygens (including phenoxy) is 1. The van der Waals surface area contributed by atoms with Crippen molar-refractivity contribution >= 4 is 39.9 Å². The largest absolute Gasteiger partial charge is 0.488 e. The molecule has 1 aliphatic rings. The van der Waals surface area contributed by atoms with Crippen LogP contribution in [0.5, 0.6) is 0 Å². The summed E-state index contributed by atoms with van der Waals surface area (Å²) in [5.41, 5.74) is 0.233. The van der Waals surface area contributed by atoms with Crippen LogP contribution in [0, 0.1) is 0 Å². The van der Waals surface area contributed by atoms with Crippen LogP contribution in [0.4, 0.5) is 0 Å². The molecule has 9 heteroatoms. The normalized spacial score (nSPS) is 17.1. The third-order valence-corrected chi connectivity index (χ3v) is 4.83. The molecule has 1 heterocycles. The predicted octanol–water partition coefficient (Wildman–Crippen LogP) is -1.29. The molecule has 0 aliphatic carbocycles. The summed E-state index contributed by atoms with van der Waals surface area (Å²) in [5, 5.41) is 18.2. The van der Waals surface area contributed by atoms with Crippen LogP contribution in [-0.4, -0.2) is 54.6 Å². The Kier molecular flexibility index (Phi) is 4.21. The van der Waals surface area contributed by atoms with Crippen molar-refractivity contribution in [3.05, 3.63) is 24.3 Å².